The lowest BCUT2D eigenvalue weighted by Crippen LogP contribution is -2.20. The van der Waals surface area contributed by atoms with Crippen LogP contribution in [-0.4, -0.2) is 11.1 Å². The summed E-state index contributed by atoms with van der Waals surface area (Å²) in [5, 5.41) is 8.74. The van der Waals surface area contributed by atoms with Crippen LogP contribution in [0.1, 0.15) is 36.9 Å². The molecule has 0 aliphatic rings. The summed E-state index contributed by atoms with van der Waals surface area (Å²) < 4.78 is 0. The first kappa shape index (κ1) is 10.7. The number of rotatable bonds is 3. The Bertz CT molecular complexity index is 334. The van der Waals surface area contributed by atoms with Gasteiger partial charge in [0.1, 0.15) is 6.04 Å². The predicted octanol–water partition coefficient (Wildman–Crippen LogP) is 1.89. The molecule has 0 amide bonds. The molecule has 0 saturated carbocycles. The van der Waals surface area contributed by atoms with Crippen LogP contribution in [-0.2, 0) is 4.79 Å². The second-order valence-electron chi connectivity index (χ2n) is 3.64. The van der Waals surface area contributed by atoms with Gasteiger partial charge in [-0.2, -0.15) is 0 Å². The van der Waals surface area contributed by atoms with Crippen molar-refractivity contribution in [2.75, 3.05) is 0 Å². The highest BCUT2D eigenvalue weighted by Gasteiger charge is 2.14. The van der Waals surface area contributed by atoms with Crippen molar-refractivity contribution in [3.05, 3.63) is 35.4 Å². The van der Waals surface area contributed by atoms with E-state index < -0.39 is 12.0 Å². The van der Waals surface area contributed by atoms with E-state index in [9.17, 15) is 4.79 Å². The maximum atomic E-state index is 10.7. The van der Waals surface area contributed by atoms with Crippen LogP contribution in [0.4, 0.5) is 0 Å². The van der Waals surface area contributed by atoms with Crippen molar-refractivity contribution in [3.8, 4) is 0 Å². The zero-order valence-corrected chi connectivity index (χ0v) is 8.40. The number of benzene rings is 1. The molecule has 1 aromatic carbocycles. The fraction of sp³-hybridized carbons (Fsp3) is 0.364. The standard InChI is InChI=1S/C11H15NO2/c1-7(2)8-4-3-5-9(6-8)10(12)11(13)14/h3-7,10H,12H2,1-2H3,(H,13,14)/t10-/m1/s1. The molecule has 0 bridgehead atoms. The smallest absolute Gasteiger partial charge is 0.325 e. The van der Waals surface area contributed by atoms with Gasteiger partial charge in [-0.1, -0.05) is 38.1 Å². The lowest BCUT2D eigenvalue weighted by molar-refractivity contribution is -0.138. The molecule has 0 saturated heterocycles. The van der Waals surface area contributed by atoms with Crippen LogP contribution < -0.4 is 5.73 Å². The van der Waals surface area contributed by atoms with E-state index in [-0.39, 0.29) is 0 Å². The van der Waals surface area contributed by atoms with E-state index in [1.54, 1.807) is 6.07 Å². The first-order chi connectivity index (χ1) is 6.52. The quantitative estimate of drug-likeness (QED) is 0.770. The summed E-state index contributed by atoms with van der Waals surface area (Å²) in [6, 6.07) is 6.48. The van der Waals surface area contributed by atoms with Crippen LogP contribution in [0.5, 0.6) is 0 Å². The summed E-state index contributed by atoms with van der Waals surface area (Å²) in [5.41, 5.74) is 7.27. The van der Waals surface area contributed by atoms with E-state index in [4.69, 9.17) is 10.8 Å². The van der Waals surface area contributed by atoms with Crippen LogP contribution in [0.15, 0.2) is 24.3 Å². The molecular formula is C11H15NO2. The second kappa shape index (κ2) is 4.24. The molecule has 1 atom stereocenters. The highest BCUT2D eigenvalue weighted by Crippen LogP contribution is 2.18. The minimum Gasteiger partial charge on any atom is -0.480 e. The second-order valence-corrected chi connectivity index (χ2v) is 3.64. The molecule has 0 unspecified atom stereocenters. The monoisotopic (exact) mass is 193 g/mol. The first-order valence-electron chi connectivity index (χ1n) is 4.60. The molecule has 1 rings (SSSR count). The van der Waals surface area contributed by atoms with Gasteiger partial charge in [-0.05, 0) is 17.0 Å². The Morgan fingerprint density at radius 1 is 1.36 bits per heavy atom. The van der Waals surface area contributed by atoms with Crippen LogP contribution in [0.3, 0.4) is 0 Å². The van der Waals surface area contributed by atoms with E-state index in [0.717, 1.165) is 5.56 Å². The number of hydrogen-bond acceptors (Lipinski definition) is 2. The van der Waals surface area contributed by atoms with Crippen molar-refractivity contribution in [2.45, 2.75) is 25.8 Å². The molecule has 1 aromatic rings. The first-order valence-corrected chi connectivity index (χ1v) is 4.60. The predicted molar refractivity (Wildman–Crippen MR) is 55.1 cm³/mol. The van der Waals surface area contributed by atoms with E-state index in [1.807, 2.05) is 18.2 Å². The number of carboxylic acid groups (broad SMARTS) is 1. The van der Waals surface area contributed by atoms with Crippen LogP contribution in [0.2, 0.25) is 0 Å². The fourth-order valence-corrected chi connectivity index (χ4v) is 1.25. The maximum absolute atomic E-state index is 10.7. The Morgan fingerprint density at radius 2 is 1.93 bits per heavy atom. The summed E-state index contributed by atoms with van der Waals surface area (Å²) in [5.74, 6) is -0.609. The number of nitrogens with two attached hydrogens (primary N) is 1. The van der Waals surface area contributed by atoms with E-state index in [2.05, 4.69) is 13.8 Å². The number of carbonyl (C=O) groups is 1. The van der Waals surface area contributed by atoms with Gasteiger partial charge in [-0.3, -0.25) is 4.79 Å². The number of carboxylic acids is 1. The van der Waals surface area contributed by atoms with Crippen molar-refractivity contribution in [1.29, 1.82) is 0 Å². The summed E-state index contributed by atoms with van der Waals surface area (Å²) in [6.07, 6.45) is 0. The Balaban J connectivity index is 2.99. The van der Waals surface area contributed by atoms with Crippen molar-refractivity contribution < 1.29 is 9.90 Å². The van der Waals surface area contributed by atoms with E-state index in [1.165, 1.54) is 0 Å². The van der Waals surface area contributed by atoms with Crippen molar-refractivity contribution in [1.82, 2.24) is 0 Å². The van der Waals surface area contributed by atoms with Gasteiger partial charge >= 0.3 is 5.97 Å². The largest absolute Gasteiger partial charge is 0.480 e. The van der Waals surface area contributed by atoms with Crippen molar-refractivity contribution >= 4 is 5.97 Å². The lowest BCUT2D eigenvalue weighted by Gasteiger charge is -2.10. The molecule has 0 aliphatic carbocycles. The summed E-state index contributed by atoms with van der Waals surface area (Å²) in [4.78, 5) is 10.7. The van der Waals surface area contributed by atoms with Gasteiger partial charge < -0.3 is 10.8 Å². The number of aliphatic carboxylic acids is 1. The average molecular weight is 193 g/mol. The van der Waals surface area contributed by atoms with Crippen molar-refractivity contribution in [3.63, 3.8) is 0 Å². The minimum absolute atomic E-state index is 0.385. The normalized spacial score (nSPS) is 12.9. The summed E-state index contributed by atoms with van der Waals surface area (Å²) >= 11 is 0. The van der Waals surface area contributed by atoms with Crippen LogP contribution in [0.25, 0.3) is 0 Å². The third-order valence-corrected chi connectivity index (χ3v) is 2.20. The van der Waals surface area contributed by atoms with Gasteiger partial charge in [-0.15, -0.1) is 0 Å². The van der Waals surface area contributed by atoms with Crippen LogP contribution >= 0.6 is 0 Å². The molecule has 0 heterocycles. The highest BCUT2D eigenvalue weighted by molar-refractivity contribution is 5.75. The SMILES string of the molecule is CC(C)c1cccc([C@@H](N)C(=O)O)c1. The van der Waals surface area contributed by atoms with Crippen molar-refractivity contribution in [2.24, 2.45) is 5.73 Å². The van der Waals surface area contributed by atoms with Gasteiger partial charge in [0.05, 0.1) is 0 Å². The Morgan fingerprint density at radius 3 is 2.43 bits per heavy atom. The Hall–Kier alpha value is -1.35. The summed E-state index contributed by atoms with van der Waals surface area (Å²) in [6.45, 7) is 4.12. The zero-order valence-electron chi connectivity index (χ0n) is 8.40. The number of hydrogen-bond donors (Lipinski definition) is 2. The highest BCUT2D eigenvalue weighted by atomic mass is 16.4. The maximum Gasteiger partial charge on any atom is 0.325 e. The average Bonchev–Trinajstić information content (AvgIpc) is 2.16. The molecule has 0 fully saturated rings. The molecule has 14 heavy (non-hydrogen) atoms. The molecule has 3 N–H and O–H groups in total. The van der Waals surface area contributed by atoms with Crippen LogP contribution in [0, 0.1) is 0 Å². The Kier molecular flexibility index (Phi) is 3.25. The molecule has 0 aromatic heterocycles. The zero-order chi connectivity index (χ0) is 10.7. The Labute approximate surface area is 83.6 Å². The van der Waals surface area contributed by atoms with Gasteiger partial charge in [0.25, 0.3) is 0 Å². The molecule has 0 spiro atoms. The molecule has 76 valence electrons. The topological polar surface area (TPSA) is 63.3 Å². The molecule has 3 heteroatoms. The molecular weight excluding hydrogens is 178 g/mol. The van der Waals surface area contributed by atoms with E-state index in [0.29, 0.717) is 11.5 Å². The van der Waals surface area contributed by atoms with Gasteiger partial charge in [0, 0.05) is 0 Å². The molecule has 0 radical (unpaired) electrons. The van der Waals surface area contributed by atoms with Gasteiger partial charge in [0.15, 0.2) is 0 Å². The van der Waals surface area contributed by atoms with Gasteiger partial charge in [-0.25, -0.2) is 0 Å². The fourth-order valence-electron chi connectivity index (χ4n) is 1.25. The van der Waals surface area contributed by atoms with E-state index >= 15 is 0 Å². The third kappa shape index (κ3) is 2.33. The third-order valence-electron chi connectivity index (χ3n) is 2.20. The molecule has 0 aliphatic heterocycles. The van der Waals surface area contributed by atoms with Gasteiger partial charge in [0.2, 0.25) is 0 Å². The minimum atomic E-state index is -0.995. The summed E-state index contributed by atoms with van der Waals surface area (Å²) in [7, 11) is 0. The lowest BCUT2D eigenvalue weighted by atomic mass is 9.98. The molecule has 3 nitrogen and oxygen atoms in total.